The highest BCUT2D eigenvalue weighted by atomic mass is 16.5. The van der Waals surface area contributed by atoms with Crippen molar-refractivity contribution in [3.63, 3.8) is 0 Å². The summed E-state index contributed by atoms with van der Waals surface area (Å²) in [6, 6.07) is 9.42. The zero-order valence-corrected chi connectivity index (χ0v) is 15.4. The summed E-state index contributed by atoms with van der Waals surface area (Å²) < 4.78 is 12.8. The van der Waals surface area contributed by atoms with Crippen LogP contribution in [0.1, 0.15) is 17.1 Å². The van der Waals surface area contributed by atoms with Crippen molar-refractivity contribution in [3.8, 4) is 11.5 Å². The van der Waals surface area contributed by atoms with E-state index < -0.39 is 0 Å². The molecule has 2 N–H and O–H groups in total. The van der Waals surface area contributed by atoms with Gasteiger partial charge in [0.15, 0.2) is 16.9 Å². The third kappa shape index (κ3) is 3.60. The number of nitrogens with zero attached hydrogens (tertiary/aromatic N) is 6. The maximum absolute atomic E-state index is 5.91. The molecular formula is C19H19N7O2. The Labute approximate surface area is 160 Å². The molecule has 0 radical (unpaired) electrons. The summed E-state index contributed by atoms with van der Waals surface area (Å²) in [7, 11) is 0. The Balaban J connectivity index is 1.66. The molecule has 0 fully saturated rings. The smallest absolute Gasteiger partial charge is 0.222 e. The van der Waals surface area contributed by atoms with Crippen molar-refractivity contribution in [2.24, 2.45) is 0 Å². The number of aryl methyl sites for hydroxylation is 1. The number of rotatable bonds is 7. The fourth-order valence-electron chi connectivity index (χ4n) is 2.81. The lowest BCUT2D eigenvalue weighted by Crippen LogP contribution is -2.07. The van der Waals surface area contributed by atoms with Crippen molar-refractivity contribution < 1.29 is 9.15 Å². The Morgan fingerprint density at radius 1 is 1.18 bits per heavy atom. The molecule has 4 heterocycles. The van der Waals surface area contributed by atoms with Crippen LogP contribution >= 0.6 is 0 Å². The van der Waals surface area contributed by atoms with Crippen molar-refractivity contribution in [3.05, 3.63) is 60.1 Å². The Morgan fingerprint density at radius 3 is 2.82 bits per heavy atom. The Morgan fingerprint density at radius 2 is 2.04 bits per heavy atom. The summed E-state index contributed by atoms with van der Waals surface area (Å²) in [5.41, 5.74) is 9.10. The number of aromatic nitrogens is 6. The van der Waals surface area contributed by atoms with Crippen molar-refractivity contribution in [1.29, 1.82) is 0 Å². The molecule has 0 spiro atoms. The summed E-state index contributed by atoms with van der Waals surface area (Å²) >= 11 is 0. The number of furan rings is 1. The quantitative estimate of drug-likeness (QED) is 0.385. The SMILES string of the molecule is C=CCOCc1cccc(Cn2nnc3c(-c4ccc(C)o4)nc(N)nc32)n1. The minimum atomic E-state index is 0.125. The van der Waals surface area contributed by atoms with Gasteiger partial charge in [-0.1, -0.05) is 17.4 Å². The third-order valence-electron chi connectivity index (χ3n) is 4.02. The van der Waals surface area contributed by atoms with Gasteiger partial charge in [0.05, 0.1) is 31.1 Å². The minimum absolute atomic E-state index is 0.125. The molecule has 28 heavy (non-hydrogen) atoms. The zero-order valence-electron chi connectivity index (χ0n) is 15.4. The maximum atomic E-state index is 5.91. The predicted molar refractivity (Wildman–Crippen MR) is 103 cm³/mol. The summed E-state index contributed by atoms with van der Waals surface area (Å²) in [4.78, 5) is 13.2. The Hall–Kier alpha value is -3.59. The van der Waals surface area contributed by atoms with E-state index in [1.807, 2.05) is 37.3 Å². The first-order valence-corrected chi connectivity index (χ1v) is 8.71. The molecule has 4 rings (SSSR count). The van der Waals surface area contributed by atoms with Crippen LogP contribution in [0, 0.1) is 6.92 Å². The van der Waals surface area contributed by atoms with Gasteiger partial charge >= 0.3 is 0 Å². The molecule has 0 saturated heterocycles. The minimum Gasteiger partial charge on any atom is -0.460 e. The van der Waals surface area contributed by atoms with Crippen LogP contribution in [0.5, 0.6) is 0 Å². The largest absolute Gasteiger partial charge is 0.460 e. The molecule has 9 heteroatoms. The third-order valence-corrected chi connectivity index (χ3v) is 4.02. The summed E-state index contributed by atoms with van der Waals surface area (Å²) in [6.07, 6.45) is 1.70. The molecule has 4 aromatic heterocycles. The van der Waals surface area contributed by atoms with Crippen LogP contribution in [0.2, 0.25) is 0 Å². The molecule has 0 unspecified atom stereocenters. The first-order chi connectivity index (χ1) is 13.6. The number of nitrogens with two attached hydrogens (primary N) is 1. The first-order valence-electron chi connectivity index (χ1n) is 8.71. The number of pyridine rings is 1. The van der Waals surface area contributed by atoms with Crippen LogP contribution in [0.3, 0.4) is 0 Å². The van der Waals surface area contributed by atoms with Gasteiger partial charge in [-0.25, -0.2) is 9.67 Å². The zero-order chi connectivity index (χ0) is 19.5. The van der Waals surface area contributed by atoms with E-state index in [0.717, 1.165) is 17.1 Å². The van der Waals surface area contributed by atoms with Crippen molar-refractivity contribution in [2.75, 3.05) is 12.3 Å². The van der Waals surface area contributed by atoms with E-state index in [0.29, 0.717) is 42.4 Å². The van der Waals surface area contributed by atoms with E-state index in [-0.39, 0.29) is 5.95 Å². The molecule has 0 aromatic carbocycles. The van der Waals surface area contributed by atoms with Crippen LogP contribution in [0.4, 0.5) is 5.95 Å². The van der Waals surface area contributed by atoms with Crippen molar-refractivity contribution >= 4 is 17.1 Å². The Bertz CT molecular complexity index is 1130. The molecular weight excluding hydrogens is 358 g/mol. The highest BCUT2D eigenvalue weighted by Crippen LogP contribution is 2.26. The molecule has 9 nitrogen and oxygen atoms in total. The average Bonchev–Trinajstić information content (AvgIpc) is 3.28. The van der Waals surface area contributed by atoms with E-state index >= 15 is 0 Å². The second-order valence-electron chi connectivity index (χ2n) is 6.18. The number of anilines is 1. The molecule has 142 valence electrons. The Kier molecular flexibility index (Phi) is 4.81. The summed E-state index contributed by atoms with van der Waals surface area (Å²) in [6.45, 7) is 6.77. The average molecular weight is 377 g/mol. The van der Waals surface area contributed by atoms with E-state index in [1.165, 1.54) is 0 Å². The highest BCUT2D eigenvalue weighted by molar-refractivity contribution is 5.86. The molecule has 0 amide bonds. The van der Waals surface area contributed by atoms with Gasteiger partial charge in [-0.3, -0.25) is 4.98 Å². The summed E-state index contributed by atoms with van der Waals surface area (Å²) in [5.74, 6) is 1.47. The lowest BCUT2D eigenvalue weighted by atomic mass is 10.3. The lowest BCUT2D eigenvalue weighted by Gasteiger charge is -2.06. The van der Waals surface area contributed by atoms with Gasteiger partial charge in [0.25, 0.3) is 0 Å². The van der Waals surface area contributed by atoms with Gasteiger partial charge < -0.3 is 14.9 Å². The van der Waals surface area contributed by atoms with Crippen molar-refractivity contribution in [2.45, 2.75) is 20.1 Å². The standard InChI is InChI=1S/C19H19N7O2/c1-3-9-27-11-14-6-4-5-13(21-14)10-26-18-17(24-25-26)16(22-19(20)23-18)15-8-7-12(2)28-15/h3-8H,1,9-11H2,2H3,(H2,20,22,23). The number of fused-ring (bicyclic) bond motifs is 1. The maximum Gasteiger partial charge on any atom is 0.222 e. The fourth-order valence-corrected chi connectivity index (χ4v) is 2.81. The highest BCUT2D eigenvalue weighted by Gasteiger charge is 2.18. The molecule has 0 saturated carbocycles. The van der Waals surface area contributed by atoms with Crippen LogP contribution in [-0.2, 0) is 17.9 Å². The van der Waals surface area contributed by atoms with E-state index in [9.17, 15) is 0 Å². The molecule has 0 atom stereocenters. The number of ether oxygens (including phenoxy) is 1. The van der Waals surface area contributed by atoms with E-state index in [4.69, 9.17) is 14.9 Å². The van der Waals surface area contributed by atoms with E-state index in [2.05, 4.69) is 31.8 Å². The van der Waals surface area contributed by atoms with Crippen LogP contribution in [-0.4, -0.2) is 36.6 Å². The summed E-state index contributed by atoms with van der Waals surface area (Å²) in [5, 5.41) is 8.45. The number of nitrogen functional groups attached to an aromatic ring is 1. The molecule has 4 aromatic rings. The fraction of sp³-hybridized carbons (Fsp3) is 0.211. The topological polar surface area (TPSA) is 118 Å². The van der Waals surface area contributed by atoms with Gasteiger partial charge in [-0.05, 0) is 31.2 Å². The van der Waals surface area contributed by atoms with Crippen LogP contribution in [0.25, 0.3) is 22.6 Å². The normalized spacial score (nSPS) is 11.2. The molecule has 0 bridgehead atoms. The molecule has 0 aliphatic rings. The number of hydrogen-bond donors (Lipinski definition) is 1. The van der Waals surface area contributed by atoms with Gasteiger partial charge in [0.1, 0.15) is 11.5 Å². The second kappa shape index (κ2) is 7.57. The van der Waals surface area contributed by atoms with E-state index in [1.54, 1.807) is 10.8 Å². The lowest BCUT2D eigenvalue weighted by molar-refractivity contribution is 0.146. The van der Waals surface area contributed by atoms with Gasteiger partial charge in [-0.15, -0.1) is 11.7 Å². The predicted octanol–water partition coefficient (Wildman–Crippen LogP) is 2.52. The van der Waals surface area contributed by atoms with Gasteiger partial charge in [-0.2, -0.15) is 4.98 Å². The van der Waals surface area contributed by atoms with Crippen LogP contribution < -0.4 is 5.73 Å². The number of hydrogen-bond acceptors (Lipinski definition) is 8. The van der Waals surface area contributed by atoms with Gasteiger partial charge in [0.2, 0.25) is 5.95 Å². The molecule has 0 aliphatic carbocycles. The van der Waals surface area contributed by atoms with Crippen LogP contribution in [0.15, 0.2) is 47.4 Å². The first kappa shape index (κ1) is 17.8. The van der Waals surface area contributed by atoms with Crippen molar-refractivity contribution in [1.82, 2.24) is 29.9 Å². The van der Waals surface area contributed by atoms with Gasteiger partial charge in [0, 0.05) is 0 Å². The second-order valence-corrected chi connectivity index (χ2v) is 6.18. The molecule has 0 aliphatic heterocycles. The monoisotopic (exact) mass is 377 g/mol.